The summed E-state index contributed by atoms with van der Waals surface area (Å²) in [4.78, 5) is 24.9. The van der Waals surface area contributed by atoms with Gasteiger partial charge in [-0.05, 0) is 25.0 Å². The topological polar surface area (TPSA) is 88.1 Å². The Hall–Kier alpha value is -2.67. The van der Waals surface area contributed by atoms with Crippen LogP contribution >= 0.6 is 0 Å². The number of nitrogens with one attached hydrogen (secondary N) is 3. The van der Waals surface area contributed by atoms with Gasteiger partial charge < -0.3 is 16.0 Å². The van der Waals surface area contributed by atoms with E-state index in [1.54, 1.807) is 11.7 Å². The van der Waals surface area contributed by atoms with Gasteiger partial charge in [-0.1, -0.05) is 51.8 Å². The maximum atomic E-state index is 12.7. The number of aromatic nitrogens is 2. The lowest BCUT2D eigenvalue weighted by molar-refractivity contribution is -0.126. The first-order valence-electron chi connectivity index (χ1n) is 10.7. The molecule has 7 heteroatoms. The summed E-state index contributed by atoms with van der Waals surface area (Å²) in [5.41, 5.74) is 1.66. The van der Waals surface area contributed by atoms with Gasteiger partial charge in [0.05, 0.1) is 23.8 Å². The largest absolute Gasteiger partial charge is 0.359 e. The number of nitrogens with zero attached hydrogens (tertiary/aromatic N) is 2. The SMILES string of the molecule is CNC(=O)[C@@H]1CCCC[C@@H]1NCC(=O)Nc1cc(C(C)(C)C)nn1-c1ccccc1. The zero-order chi connectivity index (χ0) is 21.7. The van der Waals surface area contributed by atoms with Crippen molar-refractivity contribution in [1.82, 2.24) is 20.4 Å². The summed E-state index contributed by atoms with van der Waals surface area (Å²) < 4.78 is 1.77. The molecule has 2 aromatic rings. The van der Waals surface area contributed by atoms with Gasteiger partial charge in [0.2, 0.25) is 11.8 Å². The Kier molecular flexibility index (Phi) is 6.92. The van der Waals surface area contributed by atoms with E-state index < -0.39 is 0 Å². The molecule has 30 heavy (non-hydrogen) atoms. The molecule has 1 aromatic heterocycles. The van der Waals surface area contributed by atoms with Crippen LogP contribution in [0.2, 0.25) is 0 Å². The predicted molar refractivity (Wildman–Crippen MR) is 119 cm³/mol. The summed E-state index contributed by atoms with van der Waals surface area (Å²) in [6.45, 7) is 6.45. The van der Waals surface area contributed by atoms with Gasteiger partial charge >= 0.3 is 0 Å². The van der Waals surface area contributed by atoms with Crippen LogP contribution in [0.15, 0.2) is 36.4 Å². The molecular weight excluding hydrogens is 378 g/mol. The highest BCUT2D eigenvalue weighted by Gasteiger charge is 2.30. The van der Waals surface area contributed by atoms with Crippen molar-refractivity contribution < 1.29 is 9.59 Å². The molecule has 0 radical (unpaired) electrons. The van der Waals surface area contributed by atoms with Crippen LogP contribution in [0.5, 0.6) is 0 Å². The molecule has 2 atom stereocenters. The fourth-order valence-corrected chi connectivity index (χ4v) is 3.89. The van der Waals surface area contributed by atoms with E-state index in [-0.39, 0.29) is 35.7 Å². The molecule has 1 saturated carbocycles. The smallest absolute Gasteiger partial charge is 0.239 e. The van der Waals surface area contributed by atoms with Crippen molar-refractivity contribution in [2.24, 2.45) is 5.92 Å². The van der Waals surface area contributed by atoms with E-state index in [0.29, 0.717) is 5.82 Å². The van der Waals surface area contributed by atoms with Gasteiger partial charge in [-0.15, -0.1) is 0 Å². The van der Waals surface area contributed by atoms with Crippen molar-refractivity contribution in [2.45, 2.75) is 57.9 Å². The first-order chi connectivity index (χ1) is 14.3. The summed E-state index contributed by atoms with van der Waals surface area (Å²) in [7, 11) is 1.66. The summed E-state index contributed by atoms with van der Waals surface area (Å²) in [5, 5.41) is 13.8. The second-order valence-corrected chi connectivity index (χ2v) is 8.95. The molecule has 1 aliphatic carbocycles. The van der Waals surface area contributed by atoms with Crippen LogP contribution in [-0.2, 0) is 15.0 Å². The molecule has 0 spiro atoms. The first kappa shape index (κ1) is 22.0. The lowest BCUT2D eigenvalue weighted by Crippen LogP contribution is -2.47. The van der Waals surface area contributed by atoms with E-state index in [0.717, 1.165) is 37.1 Å². The van der Waals surface area contributed by atoms with Crippen molar-refractivity contribution in [1.29, 1.82) is 0 Å². The first-order valence-corrected chi connectivity index (χ1v) is 10.7. The average molecular weight is 412 g/mol. The predicted octanol–water partition coefficient (Wildman–Crippen LogP) is 3.00. The fourth-order valence-electron chi connectivity index (χ4n) is 3.89. The number of para-hydroxylation sites is 1. The van der Waals surface area contributed by atoms with Gasteiger partial charge in [0, 0.05) is 24.6 Å². The second kappa shape index (κ2) is 9.43. The number of rotatable bonds is 6. The number of benzene rings is 1. The Morgan fingerprint density at radius 2 is 1.83 bits per heavy atom. The average Bonchev–Trinajstić information content (AvgIpc) is 3.17. The third-order valence-corrected chi connectivity index (χ3v) is 5.62. The van der Waals surface area contributed by atoms with Crippen molar-refractivity contribution in [2.75, 3.05) is 18.9 Å². The third kappa shape index (κ3) is 5.27. The van der Waals surface area contributed by atoms with E-state index in [1.807, 2.05) is 36.4 Å². The third-order valence-electron chi connectivity index (χ3n) is 5.62. The molecule has 0 saturated heterocycles. The lowest BCUT2D eigenvalue weighted by Gasteiger charge is -2.30. The Bertz CT molecular complexity index is 869. The molecule has 2 amide bonds. The quantitative estimate of drug-likeness (QED) is 0.682. The maximum Gasteiger partial charge on any atom is 0.239 e. The Balaban J connectivity index is 1.71. The molecule has 1 fully saturated rings. The number of anilines is 1. The Labute approximate surface area is 178 Å². The monoisotopic (exact) mass is 411 g/mol. The normalized spacial score (nSPS) is 19.3. The van der Waals surface area contributed by atoms with Crippen LogP contribution in [-0.4, -0.2) is 41.2 Å². The van der Waals surface area contributed by atoms with Crippen molar-refractivity contribution in [3.8, 4) is 5.69 Å². The molecule has 3 N–H and O–H groups in total. The number of carbonyl (C=O) groups excluding carboxylic acids is 2. The fraction of sp³-hybridized carbons (Fsp3) is 0.522. The zero-order valence-electron chi connectivity index (χ0n) is 18.4. The molecular formula is C23H33N5O2. The minimum atomic E-state index is -0.145. The molecule has 1 aromatic carbocycles. The van der Waals surface area contributed by atoms with Gasteiger partial charge in [0.25, 0.3) is 0 Å². The second-order valence-electron chi connectivity index (χ2n) is 8.95. The van der Waals surface area contributed by atoms with Crippen LogP contribution in [0.25, 0.3) is 5.69 Å². The van der Waals surface area contributed by atoms with Crippen molar-refractivity contribution in [3.63, 3.8) is 0 Å². The molecule has 1 heterocycles. The minimum absolute atomic E-state index is 0.0219. The maximum absolute atomic E-state index is 12.7. The summed E-state index contributed by atoms with van der Waals surface area (Å²) in [6, 6.07) is 11.7. The zero-order valence-corrected chi connectivity index (χ0v) is 18.4. The Morgan fingerprint density at radius 1 is 1.13 bits per heavy atom. The van der Waals surface area contributed by atoms with Gasteiger partial charge in [0.15, 0.2) is 0 Å². The standard InChI is InChI=1S/C23H33N5O2/c1-23(2,3)19-14-20(28(27-19)16-10-6-5-7-11-16)26-21(29)15-25-18-13-9-8-12-17(18)22(30)24-4/h5-7,10-11,14,17-18,25H,8-9,12-13,15H2,1-4H3,(H,24,30)(H,26,29)/t17-,18+/m1/s1. The number of hydrogen-bond donors (Lipinski definition) is 3. The van der Waals surface area contributed by atoms with E-state index in [9.17, 15) is 9.59 Å². The molecule has 3 rings (SSSR count). The van der Waals surface area contributed by atoms with Crippen LogP contribution < -0.4 is 16.0 Å². The summed E-state index contributed by atoms with van der Waals surface area (Å²) in [5.74, 6) is 0.460. The van der Waals surface area contributed by atoms with Crippen LogP contribution in [0.4, 0.5) is 5.82 Å². The lowest BCUT2D eigenvalue weighted by atomic mass is 9.84. The molecule has 7 nitrogen and oxygen atoms in total. The number of carbonyl (C=O) groups is 2. The molecule has 0 unspecified atom stereocenters. The molecule has 1 aliphatic rings. The van der Waals surface area contributed by atoms with Crippen molar-refractivity contribution >= 4 is 17.6 Å². The van der Waals surface area contributed by atoms with Crippen LogP contribution in [0.1, 0.15) is 52.1 Å². The highest BCUT2D eigenvalue weighted by atomic mass is 16.2. The highest BCUT2D eigenvalue weighted by Crippen LogP contribution is 2.27. The van der Waals surface area contributed by atoms with Gasteiger partial charge in [-0.25, -0.2) is 4.68 Å². The van der Waals surface area contributed by atoms with Crippen LogP contribution in [0, 0.1) is 5.92 Å². The molecule has 0 bridgehead atoms. The van der Waals surface area contributed by atoms with E-state index >= 15 is 0 Å². The minimum Gasteiger partial charge on any atom is -0.359 e. The van der Waals surface area contributed by atoms with Gasteiger partial charge in [-0.3, -0.25) is 9.59 Å². The van der Waals surface area contributed by atoms with E-state index in [2.05, 4.69) is 36.7 Å². The summed E-state index contributed by atoms with van der Waals surface area (Å²) in [6.07, 6.45) is 3.88. The molecule has 0 aliphatic heterocycles. The number of amides is 2. The van der Waals surface area contributed by atoms with Gasteiger partial charge in [0.1, 0.15) is 5.82 Å². The van der Waals surface area contributed by atoms with E-state index in [1.165, 1.54) is 0 Å². The van der Waals surface area contributed by atoms with Crippen molar-refractivity contribution in [3.05, 3.63) is 42.1 Å². The Morgan fingerprint density at radius 3 is 2.50 bits per heavy atom. The van der Waals surface area contributed by atoms with Gasteiger partial charge in [-0.2, -0.15) is 5.10 Å². The molecule has 162 valence electrons. The van der Waals surface area contributed by atoms with E-state index in [4.69, 9.17) is 5.10 Å². The number of hydrogen-bond acceptors (Lipinski definition) is 4. The van der Waals surface area contributed by atoms with Crippen LogP contribution in [0.3, 0.4) is 0 Å². The summed E-state index contributed by atoms with van der Waals surface area (Å²) >= 11 is 0. The highest BCUT2D eigenvalue weighted by molar-refractivity contribution is 5.92.